The molecule has 28 heavy (non-hydrogen) atoms. The standard InChI is InChI=1S/C23H29ClN2O2/c1-5-17(3)25-23(28)18(4)26(15-20-10-12-21(24)13-11-20)22(27)14-19-8-6-16(2)7-9-19/h6-13,17-18H,5,14-15H2,1-4H3,(H,25,28)/t17-,18+/m1/s1. The molecule has 2 aromatic rings. The SMILES string of the molecule is CC[C@@H](C)NC(=O)[C@H](C)N(Cc1ccc(Cl)cc1)C(=O)Cc1ccc(C)cc1. The zero-order chi connectivity index (χ0) is 20.7. The molecule has 0 aromatic heterocycles. The van der Waals surface area contributed by atoms with Gasteiger partial charge in [-0.2, -0.15) is 0 Å². The molecule has 0 aliphatic heterocycles. The number of halogens is 1. The second-order valence-corrected chi connectivity index (χ2v) is 7.74. The molecule has 0 saturated carbocycles. The summed E-state index contributed by atoms with van der Waals surface area (Å²) in [6.45, 7) is 8.13. The number of carbonyl (C=O) groups excluding carboxylic acids is 2. The summed E-state index contributed by atoms with van der Waals surface area (Å²) in [5.41, 5.74) is 3.02. The van der Waals surface area contributed by atoms with Crippen molar-refractivity contribution < 1.29 is 9.59 Å². The fourth-order valence-corrected chi connectivity index (χ4v) is 2.94. The molecule has 2 aromatic carbocycles. The number of nitrogens with one attached hydrogen (secondary N) is 1. The van der Waals surface area contributed by atoms with Crippen LogP contribution >= 0.6 is 11.6 Å². The van der Waals surface area contributed by atoms with E-state index in [1.165, 1.54) is 0 Å². The molecule has 5 heteroatoms. The van der Waals surface area contributed by atoms with Gasteiger partial charge >= 0.3 is 0 Å². The highest BCUT2D eigenvalue weighted by molar-refractivity contribution is 6.30. The quantitative estimate of drug-likeness (QED) is 0.708. The van der Waals surface area contributed by atoms with Crippen LogP contribution in [0.4, 0.5) is 0 Å². The lowest BCUT2D eigenvalue weighted by Crippen LogP contribution is -2.49. The number of rotatable bonds is 8. The predicted molar refractivity (Wildman–Crippen MR) is 114 cm³/mol. The molecule has 0 fully saturated rings. The molecule has 1 N–H and O–H groups in total. The van der Waals surface area contributed by atoms with Crippen LogP contribution in [0.5, 0.6) is 0 Å². The average Bonchev–Trinajstić information content (AvgIpc) is 2.68. The Bertz CT molecular complexity index is 787. The van der Waals surface area contributed by atoms with E-state index >= 15 is 0 Å². The summed E-state index contributed by atoms with van der Waals surface area (Å²) >= 11 is 5.97. The van der Waals surface area contributed by atoms with Crippen molar-refractivity contribution in [2.24, 2.45) is 0 Å². The second-order valence-electron chi connectivity index (χ2n) is 7.30. The minimum atomic E-state index is -0.567. The molecule has 0 aliphatic carbocycles. The number of amides is 2. The number of hydrogen-bond donors (Lipinski definition) is 1. The van der Waals surface area contributed by atoms with Crippen LogP contribution in [0.1, 0.15) is 43.9 Å². The molecule has 0 saturated heterocycles. The van der Waals surface area contributed by atoms with Gasteiger partial charge in [-0.25, -0.2) is 0 Å². The molecule has 4 nitrogen and oxygen atoms in total. The summed E-state index contributed by atoms with van der Waals surface area (Å²) in [6.07, 6.45) is 1.10. The Morgan fingerprint density at radius 1 is 1.00 bits per heavy atom. The average molecular weight is 401 g/mol. The Morgan fingerprint density at radius 2 is 1.57 bits per heavy atom. The van der Waals surface area contributed by atoms with Gasteiger partial charge in [-0.05, 0) is 50.5 Å². The van der Waals surface area contributed by atoms with Crippen LogP contribution in [0.25, 0.3) is 0 Å². The number of carbonyl (C=O) groups is 2. The fraction of sp³-hybridized carbons (Fsp3) is 0.391. The van der Waals surface area contributed by atoms with Crippen molar-refractivity contribution in [3.05, 3.63) is 70.2 Å². The van der Waals surface area contributed by atoms with Crippen LogP contribution in [0.3, 0.4) is 0 Å². The molecular weight excluding hydrogens is 372 g/mol. The van der Waals surface area contributed by atoms with Gasteiger partial charge in [0.15, 0.2) is 0 Å². The van der Waals surface area contributed by atoms with E-state index in [1.807, 2.05) is 57.2 Å². The highest BCUT2D eigenvalue weighted by Crippen LogP contribution is 2.15. The van der Waals surface area contributed by atoms with Gasteiger partial charge in [0.05, 0.1) is 6.42 Å². The third-order valence-electron chi connectivity index (χ3n) is 4.91. The largest absolute Gasteiger partial charge is 0.352 e. The summed E-state index contributed by atoms with van der Waals surface area (Å²) in [7, 11) is 0. The Labute approximate surface area is 172 Å². The number of benzene rings is 2. The van der Waals surface area contributed by atoms with Crippen LogP contribution in [-0.4, -0.2) is 28.8 Å². The number of aryl methyl sites for hydroxylation is 1. The van der Waals surface area contributed by atoms with Crippen LogP contribution < -0.4 is 5.32 Å². The van der Waals surface area contributed by atoms with Crippen LogP contribution in [0.2, 0.25) is 5.02 Å². The maximum atomic E-state index is 13.1. The first-order chi connectivity index (χ1) is 13.3. The van der Waals surface area contributed by atoms with Crippen molar-refractivity contribution >= 4 is 23.4 Å². The highest BCUT2D eigenvalue weighted by atomic mass is 35.5. The van der Waals surface area contributed by atoms with Crippen molar-refractivity contribution in [2.45, 2.75) is 59.2 Å². The van der Waals surface area contributed by atoms with E-state index in [-0.39, 0.29) is 24.3 Å². The normalized spacial score (nSPS) is 12.9. The lowest BCUT2D eigenvalue weighted by molar-refractivity contribution is -0.140. The minimum Gasteiger partial charge on any atom is -0.352 e. The molecule has 0 radical (unpaired) electrons. The zero-order valence-electron chi connectivity index (χ0n) is 17.0. The van der Waals surface area contributed by atoms with Gasteiger partial charge in [0.2, 0.25) is 11.8 Å². The fourth-order valence-electron chi connectivity index (χ4n) is 2.82. The third kappa shape index (κ3) is 6.38. The van der Waals surface area contributed by atoms with Crippen molar-refractivity contribution in [3.8, 4) is 0 Å². The van der Waals surface area contributed by atoms with Gasteiger partial charge in [-0.15, -0.1) is 0 Å². The summed E-state index contributed by atoms with van der Waals surface area (Å²) < 4.78 is 0. The molecule has 150 valence electrons. The number of nitrogens with zero attached hydrogens (tertiary/aromatic N) is 1. The smallest absolute Gasteiger partial charge is 0.242 e. The molecule has 0 unspecified atom stereocenters. The topological polar surface area (TPSA) is 49.4 Å². The first kappa shape index (κ1) is 22.0. The van der Waals surface area contributed by atoms with E-state index < -0.39 is 6.04 Å². The molecule has 2 amide bonds. The van der Waals surface area contributed by atoms with E-state index in [1.54, 1.807) is 24.0 Å². The second kappa shape index (κ2) is 10.3. The molecule has 2 atom stereocenters. The monoisotopic (exact) mass is 400 g/mol. The van der Waals surface area contributed by atoms with Gasteiger partial charge in [0.25, 0.3) is 0 Å². The first-order valence-corrected chi connectivity index (χ1v) is 10.1. The van der Waals surface area contributed by atoms with E-state index in [2.05, 4.69) is 5.32 Å². The predicted octanol–water partition coefficient (Wildman–Crippen LogP) is 4.52. The lowest BCUT2D eigenvalue weighted by Gasteiger charge is -2.30. The summed E-state index contributed by atoms with van der Waals surface area (Å²) in [5.74, 6) is -0.217. The van der Waals surface area contributed by atoms with Gasteiger partial charge in [-0.1, -0.05) is 60.5 Å². The Kier molecular flexibility index (Phi) is 8.06. The molecule has 2 rings (SSSR count). The summed E-state index contributed by atoms with van der Waals surface area (Å²) in [5, 5.41) is 3.62. The van der Waals surface area contributed by atoms with Crippen LogP contribution in [0.15, 0.2) is 48.5 Å². The molecule has 0 bridgehead atoms. The van der Waals surface area contributed by atoms with E-state index in [0.29, 0.717) is 11.6 Å². The number of hydrogen-bond acceptors (Lipinski definition) is 2. The molecule has 0 aliphatic rings. The Morgan fingerprint density at radius 3 is 2.14 bits per heavy atom. The van der Waals surface area contributed by atoms with Crippen LogP contribution in [-0.2, 0) is 22.6 Å². The zero-order valence-corrected chi connectivity index (χ0v) is 17.8. The van der Waals surface area contributed by atoms with E-state index in [4.69, 9.17) is 11.6 Å². The Hall–Kier alpha value is -2.33. The van der Waals surface area contributed by atoms with Gasteiger partial charge in [0, 0.05) is 17.6 Å². The van der Waals surface area contributed by atoms with Crippen molar-refractivity contribution in [3.63, 3.8) is 0 Å². The third-order valence-corrected chi connectivity index (χ3v) is 5.16. The lowest BCUT2D eigenvalue weighted by atomic mass is 10.1. The maximum absolute atomic E-state index is 13.1. The van der Waals surface area contributed by atoms with Gasteiger partial charge in [0.1, 0.15) is 6.04 Å². The van der Waals surface area contributed by atoms with Gasteiger partial charge in [-0.3, -0.25) is 9.59 Å². The minimum absolute atomic E-state index is 0.0690. The first-order valence-electron chi connectivity index (χ1n) is 9.70. The van der Waals surface area contributed by atoms with Crippen LogP contribution in [0, 0.1) is 6.92 Å². The molecular formula is C23H29ClN2O2. The van der Waals surface area contributed by atoms with E-state index in [0.717, 1.165) is 23.1 Å². The molecule has 0 spiro atoms. The Balaban J connectivity index is 2.20. The van der Waals surface area contributed by atoms with Gasteiger partial charge < -0.3 is 10.2 Å². The highest BCUT2D eigenvalue weighted by Gasteiger charge is 2.26. The summed E-state index contributed by atoms with van der Waals surface area (Å²) in [4.78, 5) is 27.4. The van der Waals surface area contributed by atoms with Crippen molar-refractivity contribution in [1.82, 2.24) is 10.2 Å². The maximum Gasteiger partial charge on any atom is 0.242 e. The molecule has 0 heterocycles. The van der Waals surface area contributed by atoms with Crippen molar-refractivity contribution in [1.29, 1.82) is 0 Å². The van der Waals surface area contributed by atoms with Crippen molar-refractivity contribution in [2.75, 3.05) is 0 Å². The summed E-state index contributed by atoms with van der Waals surface area (Å²) in [6, 6.07) is 14.8. The van der Waals surface area contributed by atoms with E-state index in [9.17, 15) is 9.59 Å².